The monoisotopic (exact) mass is 320 g/mol. The highest BCUT2D eigenvalue weighted by Gasteiger charge is 2.30. The number of H-pyrrole nitrogens is 1. The van der Waals surface area contributed by atoms with Gasteiger partial charge in [0.15, 0.2) is 0 Å². The summed E-state index contributed by atoms with van der Waals surface area (Å²) in [4.78, 5) is 18.8. The van der Waals surface area contributed by atoms with Gasteiger partial charge in [-0.2, -0.15) is 0 Å². The lowest BCUT2D eigenvalue weighted by molar-refractivity contribution is -0.526. The quantitative estimate of drug-likeness (QED) is 0.643. The number of nitro groups is 1. The zero-order chi connectivity index (χ0) is 16.2. The van der Waals surface area contributed by atoms with Gasteiger partial charge in [0.05, 0.1) is 0 Å². The van der Waals surface area contributed by atoms with Crippen LogP contribution in [0.15, 0.2) is 6.20 Å². The van der Waals surface area contributed by atoms with Gasteiger partial charge in [0.1, 0.15) is 5.82 Å². The van der Waals surface area contributed by atoms with Crippen molar-refractivity contribution in [3.8, 4) is 0 Å². The molecule has 1 saturated carbocycles. The van der Waals surface area contributed by atoms with Crippen LogP contribution in [-0.4, -0.2) is 33.5 Å². The lowest BCUT2D eigenvalue weighted by Crippen LogP contribution is -2.35. The Hall–Kier alpha value is -1.43. The molecule has 23 heavy (non-hydrogen) atoms. The van der Waals surface area contributed by atoms with Crippen molar-refractivity contribution in [1.29, 1.82) is 0 Å². The van der Waals surface area contributed by atoms with E-state index in [4.69, 9.17) is 0 Å². The molecule has 1 saturated heterocycles. The van der Waals surface area contributed by atoms with Gasteiger partial charge in [-0.1, -0.05) is 13.3 Å². The van der Waals surface area contributed by atoms with Gasteiger partial charge >= 0.3 is 0 Å². The summed E-state index contributed by atoms with van der Waals surface area (Å²) >= 11 is 0. The fourth-order valence-corrected chi connectivity index (χ4v) is 4.07. The number of hydrogen-bond donors (Lipinski definition) is 2. The maximum Gasteiger partial charge on any atom is 0.213 e. The summed E-state index contributed by atoms with van der Waals surface area (Å²) in [7, 11) is 0. The molecule has 1 unspecified atom stereocenters. The molecular formula is C17H28N4O2. The molecule has 6 heteroatoms. The van der Waals surface area contributed by atoms with Crippen molar-refractivity contribution in [2.75, 3.05) is 6.54 Å². The first-order valence-corrected chi connectivity index (χ1v) is 9.05. The largest absolute Gasteiger partial charge is 0.345 e. The summed E-state index contributed by atoms with van der Waals surface area (Å²) in [5, 5.41) is 14.5. The van der Waals surface area contributed by atoms with Crippen LogP contribution in [0.5, 0.6) is 0 Å². The van der Waals surface area contributed by atoms with E-state index in [9.17, 15) is 10.1 Å². The smallest absolute Gasteiger partial charge is 0.213 e. The molecule has 6 nitrogen and oxygen atoms in total. The van der Waals surface area contributed by atoms with E-state index in [-0.39, 0.29) is 11.0 Å². The van der Waals surface area contributed by atoms with Crippen molar-refractivity contribution < 1.29 is 4.92 Å². The number of nitrogens with zero attached hydrogens (tertiary/aromatic N) is 2. The molecule has 1 aromatic rings. The van der Waals surface area contributed by atoms with Gasteiger partial charge in [-0.05, 0) is 38.6 Å². The molecule has 0 radical (unpaired) electrons. The lowest BCUT2D eigenvalue weighted by Gasteiger charge is -2.25. The molecule has 2 N–H and O–H groups in total. The van der Waals surface area contributed by atoms with Crippen LogP contribution in [0.4, 0.5) is 0 Å². The predicted octanol–water partition coefficient (Wildman–Crippen LogP) is 3.35. The zero-order valence-corrected chi connectivity index (χ0v) is 14.0. The topological polar surface area (TPSA) is 83.8 Å². The van der Waals surface area contributed by atoms with Crippen molar-refractivity contribution in [2.45, 2.75) is 82.2 Å². The first-order valence-electron chi connectivity index (χ1n) is 9.05. The molecule has 2 aliphatic rings. The summed E-state index contributed by atoms with van der Waals surface area (Å²) in [6.07, 6.45) is 10.1. The first-order chi connectivity index (χ1) is 11.1. The van der Waals surface area contributed by atoms with E-state index in [1.54, 1.807) is 0 Å². The van der Waals surface area contributed by atoms with Crippen LogP contribution >= 0.6 is 0 Å². The molecule has 3 rings (SSSR count). The maximum absolute atomic E-state index is 10.9. The summed E-state index contributed by atoms with van der Waals surface area (Å²) in [5.41, 5.74) is 1.17. The van der Waals surface area contributed by atoms with Gasteiger partial charge in [0.2, 0.25) is 6.04 Å². The molecule has 2 atom stereocenters. The second kappa shape index (κ2) is 7.43. The molecule has 0 aromatic carbocycles. The fraction of sp³-hybridized carbons (Fsp3) is 0.824. The van der Waals surface area contributed by atoms with Gasteiger partial charge in [0.25, 0.3) is 0 Å². The fourth-order valence-electron chi connectivity index (χ4n) is 4.07. The number of hydrogen-bond acceptors (Lipinski definition) is 4. The Morgan fingerprint density at radius 3 is 2.74 bits per heavy atom. The Morgan fingerprint density at radius 2 is 2.09 bits per heavy atom. The predicted molar refractivity (Wildman–Crippen MR) is 89.3 cm³/mol. The van der Waals surface area contributed by atoms with E-state index in [1.165, 1.54) is 25.0 Å². The average Bonchev–Trinajstić information content (AvgIpc) is 3.06. The van der Waals surface area contributed by atoms with Crippen molar-refractivity contribution in [3.63, 3.8) is 0 Å². The second-order valence-corrected chi connectivity index (χ2v) is 7.30. The van der Waals surface area contributed by atoms with Crippen LogP contribution in [0.25, 0.3) is 0 Å². The summed E-state index contributed by atoms with van der Waals surface area (Å²) in [6, 6.07) is 0.271. The van der Waals surface area contributed by atoms with Gasteiger partial charge in [-0.3, -0.25) is 10.1 Å². The molecule has 0 spiro atoms. The molecule has 1 aromatic heterocycles. The third-order valence-electron chi connectivity index (χ3n) is 5.57. The van der Waals surface area contributed by atoms with E-state index in [0.717, 1.165) is 31.6 Å². The number of piperidine rings is 1. The highest BCUT2D eigenvalue weighted by molar-refractivity contribution is 5.11. The summed E-state index contributed by atoms with van der Waals surface area (Å²) < 4.78 is 0. The lowest BCUT2D eigenvalue weighted by atomic mass is 9.84. The highest BCUT2D eigenvalue weighted by atomic mass is 16.6. The molecule has 0 amide bonds. The van der Waals surface area contributed by atoms with Crippen LogP contribution in [0.2, 0.25) is 0 Å². The van der Waals surface area contributed by atoms with Crippen LogP contribution in [0, 0.1) is 10.1 Å². The van der Waals surface area contributed by atoms with Crippen molar-refractivity contribution >= 4 is 0 Å². The van der Waals surface area contributed by atoms with Crippen molar-refractivity contribution in [2.24, 2.45) is 0 Å². The molecule has 0 bridgehead atoms. The minimum absolute atomic E-state index is 0.117. The van der Waals surface area contributed by atoms with Crippen molar-refractivity contribution in [1.82, 2.24) is 15.3 Å². The normalized spacial score (nSPS) is 30.0. The second-order valence-electron chi connectivity index (χ2n) is 7.30. The number of aromatic nitrogens is 2. The van der Waals surface area contributed by atoms with E-state index < -0.39 is 0 Å². The third-order valence-corrected chi connectivity index (χ3v) is 5.57. The third kappa shape index (κ3) is 4.10. The zero-order valence-electron chi connectivity index (χ0n) is 14.0. The van der Waals surface area contributed by atoms with Gasteiger partial charge < -0.3 is 10.3 Å². The minimum Gasteiger partial charge on any atom is -0.345 e. The SMILES string of the molecule is C[C@@H](CC1CCCCN1)c1ncc(C2CCC([N+](=O)[O-])CC2)[nH]1. The average molecular weight is 320 g/mol. The van der Waals surface area contributed by atoms with Gasteiger partial charge in [-0.15, -0.1) is 0 Å². The minimum atomic E-state index is -0.343. The Balaban J connectivity index is 1.54. The van der Waals surface area contributed by atoms with Gasteiger partial charge in [-0.25, -0.2) is 4.98 Å². The number of aromatic amines is 1. The molecular weight excluding hydrogens is 292 g/mol. The van der Waals surface area contributed by atoms with E-state index in [1.807, 2.05) is 6.20 Å². The van der Waals surface area contributed by atoms with Crippen LogP contribution in [-0.2, 0) is 0 Å². The molecule has 1 aliphatic carbocycles. The molecule has 2 heterocycles. The first kappa shape index (κ1) is 16.4. The van der Waals surface area contributed by atoms with E-state index >= 15 is 0 Å². The Labute approximate surface area is 137 Å². The Bertz CT molecular complexity index is 516. The van der Waals surface area contributed by atoms with E-state index in [2.05, 4.69) is 22.2 Å². The summed E-state index contributed by atoms with van der Waals surface area (Å²) in [6.45, 7) is 3.38. The Morgan fingerprint density at radius 1 is 1.30 bits per heavy atom. The van der Waals surface area contributed by atoms with Crippen LogP contribution in [0.3, 0.4) is 0 Å². The number of rotatable bonds is 5. The standard InChI is InChI=1S/C17H28N4O2/c1-12(10-14-4-2-3-9-18-14)17-19-11-16(20-17)13-5-7-15(8-6-13)21(22)23/h11-15,18H,2-10H2,1H3,(H,19,20)/t12-,13?,14?,15?/m0/s1. The van der Waals surface area contributed by atoms with Crippen LogP contribution < -0.4 is 5.32 Å². The number of imidazole rings is 1. The maximum atomic E-state index is 10.9. The number of nitrogens with one attached hydrogen (secondary N) is 2. The Kier molecular flexibility index (Phi) is 5.30. The summed E-state index contributed by atoms with van der Waals surface area (Å²) in [5.74, 6) is 1.91. The molecule has 1 aliphatic heterocycles. The van der Waals surface area contributed by atoms with Crippen molar-refractivity contribution in [3.05, 3.63) is 27.8 Å². The molecule has 2 fully saturated rings. The van der Waals surface area contributed by atoms with Gasteiger partial charge in [0, 0.05) is 47.5 Å². The van der Waals surface area contributed by atoms with Crippen LogP contribution in [0.1, 0.15) is 81.6 Å². The van der Waals surface area contributed by atoms with E-state index in [0.29, 0.717) is 30.7 Å². The molecule has 128 valence electrons. The highest BCUT2D eigenvalue weighted by Crippen LogP contribution is 2.33.